The number of aliphatic hydroxyl groups excluding tert-OH is 1. The summed E-state index contributed by atoms with van der Waals surface area (Å²) in [6, 6.07) is 14.2. The second-order valence-corrected chi connectivity index (χ2v) is 5.13. The molecule has 0 amide bonds. The minimum Gasteiger partial charge on any atom is -0.383 e. The number of unbranched alkanes of at least 4 members (excludes halogenated alkanes) is 2. The highest BCUT2D eigenvalue weighted by molar-refractivity contribution is 5.86. The average molecular weight is 266 g/mol. The molecule has 0 heterocycles. The predicted molar refractivity (Wildman–Crippen MR) is 85.7 cm³/mol. The standard InChI is InChI=1S/C19H22O/c1-3-5-6-10-15(4-2)19(20)18-14-9-12-16-11-7-8-13-17(16)18/h7-9,11-14,19-20H,2-3,5-6,10H2,1H3. The molecule has 1 N–H and O–H groups in total. The van der Waals surface area contributed by atoms with Gasteiger partial charge < -0.3 is 5.11 Å². The van der Waals surface area contributed by atoms with Gasteiger partial charge in [0.2, 0.25) is 0 Å². The highest BCUT2D eigenvalue weighted by Crippen LogP contribution is 2.30. The van der Waals surface area contributed by atoms with Crippen LogP contribution in [0.5, 0.6) is 0 Å². The third kappa shape index (κ3) is 3.19. The molecular weight excluding hydrogens is 244 g/mol. The monoisotopic (exact) mass is 266 g/mol. The normalized spacial score (nSPS) is 12.1. The minimum absolute atomic E-state index is 0.601. The van der Waals surface area contributed by atoms with E-state index in [0.717, 1.165) is 34.8 Å². The maximum Gasteiger partial charge on any atom is 0.108 e. The maximum atomic E-state index is 10.6. The SMILES string of the molecule is C=C=C(CCCCC)C(O)c1cccc2ccccc12. The van der Waals surface area contributed by atoms with E-state index in [1.807, 2.05) is 24.3 Å². The lowest BCUT2D eigenvalue weighted by molar-refractivity contribution is 0.212. The lowest BCUT2D eigenvalue weighted by Gasteiger charge is -2.16. The zero-order valence-electron chi connectivity index (χ0n) is 12.1. The first kappa shape index (κ1) is 14.6. The topological polar surface area (TPSA) is 20.2 Å². The zero-order chi connectivity index (χ0) is 14.4. The molecule has 0 aliphatic carbocycles. The first-order valence-corrected chi connectivity index (χ1v) is 7.32. The molecule has 1 atom stereocenters. The van der Waals surface area contributed by atoms with Gasteiger partial charge >= 0.3 is 0 Å². The third-order valence-corrected chi connectivity index (χ3v) is 3.72. The summed E-state index contributed by atoms with van der Waals surface area (Å²) in [5.41, 5.74) is 4.79. The van der Waals surface area contributed by atoms with E-state index in [0.29, 0.717) is 0 Å². The maximum absolute atomic E-state index is 10.6. The summed E-state index contributed by atoms with van der Waals surface area (Å²) in [6.45, 7) is 5.92. The summed E-state index contributed by atoms with van der Waals surface area (Å²) >= 11 is 0. The van der Waals surface area contributed by atoms with Crippen molar-refractivity contribution in [2.75, 3.05) is 0 Å². The van der Waals surface area contributed by atoms with Crippen molar-refractivity contribution in [2.45, 2.75) is 38.7 Å². The van der Waals surface area contributed by atoms with Gasteiger partial charge in [0.15, 0.2) is 0 Å². The van der Waals surface area contributed by atoms with Crippen LogP contribution >= 0.6 is 0 Å². The number of hydrogen-bond acceptors (Lipinski definition) is 1. The molecule has 2 aromatic carbocycles. The van der Waals surface area contributed by atoms with Gasteiger partial charge in [0.05, 0.1) is 0 Å². The molecule has 0 aliphatic rings. The van der Waals surface area contributed by atoms with Crippen LogP contribution in [0.3, 0.4) is 0 Å². The Hall–Kier alpha value is -1.82. The van der Waals surface area contributed by atoms with Gasteiger partial charge in [-0.15, -0.1) is 5.73 Å². The van der Waals surface area contributed by atoms with Gasteiger partial charge in [-0.2, -0.15) is 0 Å². The summed E-state index contributed by atoms with van der Waals surface area (Å²) in [6.07, 6.45) is 3.69. The Morgan fingerprint density at radius 3 is 2.65 bits per heavy atom. The predicted octanol–water partition coefficient (Wildman–Crippen LogP) is 5.16. The molecule has 0 saturated carbocycles. The summed E-state index contributed by atoms with van der Waals surface area (Å²) in [7, 11) is 0. The molecule has 0 bridgehead atoms. The second-order valence-electron chi connectivity index (χ2n) is 5.13. The Labute approximate surface area is 121 Å². The summed E-state index contributed by atoms with van der Waals surface area (Å²) < 4.78 is 0. The van der Waals surface area contributed by atoms with E-state index in [2.05, 4.69) is 37.4 Å². The first-order chi connectivity index (χ1) is 9.77. The van der Waals surface area contributed by atoms with Gasteiger partial charge in [0.1, 0.15) is 6.10 Å². The van der Waals surface area contributed by atoms with Crippen LogP contribution in [0, 0.1) is 0 Å². The Morgan fingerprint density at radius 2 is 1.90 bits per heavy atom. The van der Waals surface area contributed by atoms with E-state index >= 15 is 0 Å². The Morgan fingerprint density at radius 1 is 1.15 bits per heavy atom. The molecule has 20 heavy (non-hydrogen) atoms. The number of rotatable bonds is 6. The van der Waals surface area contributed by atoms with Crippen LogP contribution in [0.15, 0.2) is 60.3 Å². The molecule has 1 nitrogen and oxygen atoms in total. The second kappa shape index (κ2) is 7.09. The fraction of sp³-hybridized carbons (Fsp3) is 0.316. The Bertz CT molecular complexity index is 615. The van der Waals surface area contributed by atoms with E-state index in [1.54, 1.807) is 0 Å². The van der Waals surface area contributed by atoms with E-state index in [9.17, 15) is 5.11 Å². The van der Waals surface area contributed by atoms with Crippen LogP contribution in [-0.4, -0.2) is 5.11 Å². The largest absolute Gasteiger partial charge is 0.383 e. The molecule has 0 spiro atoms. The summed E-state index contributed by atoms with van der Waals surface area (Å²) in [5, 5.41) is 12.9. The van der Waals surface area contributed by atoms with E-state index in [4.69, 9.17) is 0 Å². The highest BCUT2D eigenvalue weighted by Gasteiger charge is 2.15. The summed E-state index contributed by atoms with van der Waals surface area (Å²) in [5.74, 6) is 0. The molecule has 2 rings (SSSR count). The van der Waals surface area contributed by atoms with Crippen molar-refractivity contribution < 1.29 is 5.11 Å². The molecule has 0 fully saturated rings. The first-order valence-electron chi connectivity index (χ1n) is 7.32. The number of benzene rings is 2. The lowest BCUT2D eigenvalue weighted by atomic mass is 9.93. The molecule has 0 radical (unpaired) electrons. The Balaban J connectivity index is 2.30. The van der Waals surface area contributed by atoms with Crippen molar-refractivity contribution >= 4 is 10.8 Å². The minimum atomic E-state index is -0.601. The number of aliphatic hydroxyl groups is 1. The fourth-order valence-electron chi connectivity index (χ4n) is 2.56. The van der Waals surface area contributed by atoms with Crippen molar-refractivity contribution in [1.82, 2.24) is 0 Å². The van der Waals surface area contributed by atoms with Gasteiger partial charge in [0, 0.05) is 5.57 Å². The van der Waals surface area contributed by atoms with Gasteiger partial charge in [-0.1, -0.05) is 68.8 Å². The van der Waals surface area contributed by atoms with Crippen LogP contribution < -0.4 is 0 Å². The molecule has 104 valence electrons. The van der Waals surface area contributed by atoms with E-state index in [-0.39, 0.29) is 0 Å². The van der Waals surface area contributed by atoms with Crippen LogP contribution in [0.1, 0.15) is 44.3 Å². The molecule has 0 aromatic heterocycles. The van der Waals surface area contributed by atoms with Gasteiger partial charge in [-0.3, -0.25) is 0 Å². The molecule has 0 saturated heterocycles. The zero-order valence-corrected chi connectivity index (χ0v) is 12.1. The highest BCUT2D eigenvalue weighted by atomic mass is 16.3. The Kier molecular flexibility index (Phi) is 5.17. The smallest absolute Gasteiger partial charge is 0.108 e. The van der Waals surface area contributed by atoms with E-state index in [1.165, 1.54) is 12.8 Å². The van der Waals surface area contributed by atoms with Gasteiger partial charge in [-0.05, 0) is 29.2 Å². The number of hydrogen-bond donors (Lipinski definition) is 1. The van der Waals surface area contributed by atoms with Crippen LogP contribution in [0.4, 0.5) is 0 Å². The molecule has 1 heteroatoms. The van der Waals surface area contributed by atoms with Crippen molar-refractivity contribution in [3.8, 4) is 0 Å². The van der Waals surface area contributed by atoms with Crippen LogP contribution in [0.25, 0.3) is 10.8 Å². The van der Waals surface area contributed by atoms with Gasteiger partial charge in [-0.25, -0.2) is 0 Å². The van der Waals surface area contributed by atoms with E-state index < -0.39 is 6.10 Å². The van der Waals surface area contributed by atoms with Crippen molar-refractivity contribution in [3.63, 3.8) is 0 Å². The quantitative estimate of drug-likeness (QED) is 0.565. The van der Waals surface area contributed by atoms with Crippen LogP contribution in [0.2, 0.25) is 0 Å². The summed E-state index contributed by atoms with van der Waals surface area (Å²) in [4.78, 5) is 0. The van der Waals surface area contributed by atoms with Crippen LogP contribution in [-0.2, 0) is 0 Å². The molecular formula is C19H22O. The average Bonchev–Trinajstić information content (AvgIpc) is 2.50. The molecule has 1 unspecified atom stereocenters. The molecule has 0 aliphatic heterocycles. The number of fused-ring (bicyclic) bond motifs is 1. The lowest BCUT2D eigenvalue weighted by Crippen LogP contribution is -2.02. The van der Waals surface area contributed by atoms with Crippen molar-refractivity contribution in [3.05, 3.63) is 65.9 Å². The van der Waals surface area contributed by atoms with Crippen molar-refractivity contribution in [1.29, 1.82) is 0 Å². The van der Waals surface area contributed by atoms with Gasteiger partial charge in [0.25, 0.3) is 0 Å². The third-order valence-electron chi connectivity index (χ3n) is 3.72. The fourth-order valence-corrected chi connectivity index (χ4v) is 2.56. The van der Waals surface area contributed by atoms with Crippen molar-refractivity contribution in [2.24, 2.45) is 0 Å². The molecule has 2 aromatic rings.